The molecule has 1 aromatic rings. The average Bonchev–Trinajstić information content (AvgIpc) is 2.91. The van der Waals surface area contributed by atoms with Gasteiger partial charge in [0, 0.05) is 32.7 Å². The Hall–Kier alpha value is -0.920. The van der Waals surface area contributed by atoms with Gasteiger partial charge in [0.25, 0.3) is 0 Å². The van der Waals surface area contributed by atoms with Crippen LogP contribution in [-0.4, -0.2) is 67.5 Å². The number of nitrogens with zero attached hydrogens (tertiary/aromatic N) is 2. The molecule has 0 amide bonds. The second-order valence-corrected chi connectivity index (χ2v) is 4.90. The Morgan fingerprint density at radius 2 is 2.21 bits per heavy atom. The van der Waals surface area contributed by atoms with Crippen molar-refractivity contribution < 1.29 is 14.3 Å². The van der Waals surface area contributed by atoms with E-state index in [4.69, 9.17) is 9.15 Å². The van der Waals surface area contributed by atoms with E-state index in [-0.39, 0.29) is 0 Å². The fourth-order valence-electron chi connectivity index (χ4n) is 1.95. The second kappa shape index (κ2) is 7.62. The summed E-state index contributed by atoms with van der Waals surface area (Å²) in [6.45, 7) is 5.30. The van der Waals surface area contributed by atoms with Gasteiger partial charge >= 0.3 is 0 Å². The summed E-state index contributed by atoms with van der Waals surface area (Å²) in [5.74, 6) is 0.777. The number of rotatable bonds is 7. The summed E-state index contributed by atoms with van der Waals surface area (Å²) in [6, 6.07) is 3.68. The van der Waals surface area contributed by atoms with Crippen molar-refractivity contribution in [1.82, 2.24) is 15.3 Å². The lowest BCUT2D eigenvalue weighted by atomic mass is 10.3. The average molecular weight is 269 g/mol. The van der Waals surface area contributed by atoms with Crippen LogP contribution in [0.4, 0.5) is 0 Å². The SMILES string of the molecule is CN1CCN(NCC(O)COCc2ccco2)CC1. The number of likely N-dealkylation sites (N-methyl/N-ethyl adjacent to an activating group) is 1. The number of aliphatic hydroxyl groups is 1. The van der Waals surface area contributed by atoms with Crippen LogP contribution in [0.5, 0.6) is 0 Å². The third-order valence-corrected chi connectivity index (χ3v) is 3.19. The van der Waals surface area contributed by atoms with Crippen molar-refractivity contribution >= 4 is 0 Å². The van der Waals surface area contributed by atoms with Gasteiger partial charge in [-0.15, -0.1) is 0 Å². The maximum absolute atomic E-state index is 9.81. The molecule has 0 aromatic carbocycles. The van der Waals surface area contributed by atoms with E-state index >= 15 is 0 Å². The number of hydrogen-bond donors (Lipinski definition) is 2. The highest BCUT2D eigenvalue weighted by Gasteiger charge is 2.14. The largest absolute Gasteiger partial charge is 0.467 e. The lowest BCUT2D eigenvalue weighted by Crippen LogP contribution is -2.52. The maximum atomic E-state index is 9.81. The minimum Gasteiger partial charge on any atom is -0.467 e. The van der Waals surface area contributed by atoms with E-state index in [1.165, 1.54) is 0 Å². The van der Waals surface area contributed by atoms with Gasteiger partial charge in [0.2, 0.25) is 0 Å². The summed E-state index contributed by atoms with van der Waals surface area (Å²) in [5, 5.41) is 12.0. The molecule has 1 aromatic heterocycles. The van der Waals surface area contributed by atoms with E-state index < -0.39 is 6.10 Å². The van der Waals surface area contributed by atoms with E-state index in [0.29, 0.717) is 19.8 Å². The first kappa shape index (κ1) is 14.5. The predicted octanol–water partition coefficient (Wildman–Crippen LogP) is -0.0909. The zero-order valence-electron chi connectivity index (χ0n) is 11.4. The van der Waals surface area contributed by atoms with E-state index in [9.17, 15) is 5.11 Å². The van der Waals surface area contributed by atoms with Crippen molar-refractivity contribution in [2.45, 2.75) is 12.7 Å². The summed E-state index contributed by atoms with van der Waals surface area (Å²) in [7, 11) is 2.12. The summed E-state index contributed by atoms with van der Waals surface area (Å²) in [4.78, 5) is 2.29. The Labute approximate surface area is 113 Å². The van der Waals surface area contributed by atoms with Gasteiger partial charge in [-0.3, -0.25) is 5.43 Å². The molecule has 6 heteroatoms. The lowest BCUT2D eigenvalue weighted by Gasteiger charge is -2.33. The van der Waals surface area contributed by atoms with Gasteiger partial charge in [0.05, 0.1) is 19.0 Å². The number of hydrogen-bond acceptors (Lipinski definition) is 6. The highest BCUT2D eigenvalue weighted by Crippen LogP contribution is 2.02. The number of furan rings is 1. The van der Waals surface area contributed by atoms with Crippen molar-refractivity contribution in [2.24, 2.45) is 0 Å². The normalized spacial score (nSPS) is 19.7. The van der Waals surface area contributed by atoms with Gasteiger partial charge in [-0.2, -0.15) is 0 Å². The van der Waals surface area contributed by atoms with E-state index in [1.54, 1.807) is 6.26 Å². The Balaban J connectivity index is 1.53. The van der Waals surface area contributed by atoms with Crippen LogP contribution in [0.15, 0.2) is 22.8 Å². The molecule has 19 heavy (non-hydrogen) atoms. The number of aliphatic hydroxyl groups excluding tert-OH is 1. The van der Waals surface area contributed by atoms with Crippen LogP contribution in [0.2, 0.25) is 0 Å². The highest BCUT2D eigenvalue weighted by molar-refractivity contribution is 4.96. The zero-order valence-corrected chi connectivity index (χ0v) is 11.4. The summed E-state index contributed by atoms with van der Waals surface area (Å²) in [5.41, 5.74) is 3.24. The minimum atomic E-state index is -0.505. The predicted molar refractivity (Wildman–Crippen MR) is 71.4 cm³/mol. The third-order valence-electron chi connectivity index (χ3n) is 3.19. The highest BCUT2D eigenvalue weighted by atomic mass is 16.5. The van der Waals surface area contributed by atoms with Gasteiger partial charge < -0.3 is 19.2 Å². The van der Waals surface area contributed by atoms with Crippen LogP contribution in [0.3, 0.4) is 0 Å². The first-order valence-electron chi connectivity index (χ1n) is 6.69. The van der Waals surface area contributed by atoms with Gasteiger partial charge in [0.15, 0.2) is 0 Å². The van der Waals surface area contributed by atoms with E-state index in [2.05, 4.69) is 22.4 Å². The fraction of sp³-hybridized carbons (Fsp3) is 0.692. The molecule has 0 aliphatic carbocycles. The minimum absolute atomic E-state index is 0.307. The van der Waals surface area contributed by atoms with Crippen molar-refractivity contribution in [2.75, 3.05) is 46.4 Å². The fourth-order valence-corrected chi connectivity index (χ4v) is 1.95. The zero-order chi connectivity index (χ0) is 13.5. The quantitative estimate of drug-likeness (QED) is 0.721. The number of hydrazine groups is 1. The molecule has 2 rings (SSSR count). The first-order chi connectivity index (χ1) is 9.24. The molecule has 6 nitrogen and oxygen atoms in total. The van der Waals surface area contributed by atoms with Crippen molar-refractivity contribution in [3.05, 3.63) is 24.2 Å². The molecule has 0 saturated carbocycles. The molecule has 2 N–H and O–H groups in total. The van der Waals surface area contributed by atoms with Crippen molar-refractivity contribution in [1.29, 1.82) is 0 Å². The Morgan fingerprint density at radius 1 is 1.42 bits per heavy atom. The Kier molecular flexibility index (Phi) is 5.81. The van der Waals surface area contributed by atoms with Crippen LogP contribution in [0.1, 0.15) is 5.76 Å². The molecule has 1 aliphatic rings. The van der Waals surface area contributed by atoms with E-state index in [1.807, 2.05) is 12.1 Å². The summed E-state index contributed by atoms with van der Waals surface area (Å²) < 4.78 is 10.5. The third kappa shape index (κ3) is 5.30. The van der Waals surface area contributed by atoms with E-state index in [0.717, 1.165) is 31.9 Å². The van der Waals surface area contributed by atoms with Gasteiger partial charge in [-0.25, -0.2) is 5.01 Å². The molecule has 1 saturated heterocycles. The molecule has 2 heterocycles. The molecule has 0 bridgehead atoms. The summed E-state index contributed by atoms with van der Waals surface area (Å²) >= 11 is 0. The van der Waals surface area contributed by atoms with Gasteiger partial charge in [0.1, 0.15) is 12.4 Å². The molecule has 1 fully saturated rings. The molecule has 1 aliphatic heterocycles. The standard InChI is InChI=1S/C13H23N3O3/c1-15-4-6-16(7-5-15)14-9-12(17)10-18-11-13-3-2-8-19-13/h2-3,8,12,14,17H,4-7,9-11H2,1H3. The maximum Gasteiger partial charge on any atom is 0.129 e. The van der Waals surface area contributed by atoms with Crippen LogP contribution in [0.25, 0.3) is 0 Å². The second-order valence-electron chi connectivity index (χ2n) is 4.90. The molecule has 1 atom stereocenters. The lowest BCUT2D eigenvalue weighted by molar-refractivity contribution is 0.00675. The van der Waals surface area contributed by atoms with Crippen molar-refractivity contribution in [3.8, 4) is 0 Å². The molecular formula is C13H23N3O3. The summed E-state index contributed by atoms with van der Waals surface area (Å²) in [6.07, 6.45) is 1.11. The first-order valence-corrected chi connectivity index (χ1v) is 6.69. The monoisotopic (exact) mass is 269 g/mol. The number of ether oxygens (including phenoxy) is 1. The molecule has 108 valence electrons. The van der Waals surface area contributed by atoms with Crippen LogP contribution >= 0.6 is 0 Å². The van der Waals surface area contributed by atoms with Crippen LogP contribution in [0, 0.1) is 0 Å². The molecule has 0 spiro atoms. The smallest absolute Gasteiger partial charge is 0.129 e. The van der Waals surface area contributed by atoms with Gasteiger partial charge in [-0.1, -0.05) is 0 Å². The van der Waals surface area contributed by atoms with Crippen molar-refractivity contribution in [3.63, 3.8) is 0 Å². The molecule has 0 radical (unpaired) electrons. The Morgan fingerprint density at radius 3 is 2.89 bits per heavy atom. The topological polar surface area (TPSA) is 61.1 Å². The van der Waals surface area contributed by atoms with Crippen LogP contribution in [-0.2, 0) is 11.3 Å². The number of nitrogens with one attached hydrogen (secondary N) is 1. The number of piperazine rings is 1. The Bertz CT molecular complexity index is 337. The van der Waals surface area contributed by atoms with Gasteiger partial charge in [-0.05, 0) is 19.2 Å². The molecule has 1 unspecified atom stereocenters. The van der Waals surface area contributed by atoms with Crippen LogP contribution < -0.4 is 5.43 Å². The molecular weight excluding hydrogens is 246 g/mol.